The van der Waals surface area contributed by atoms with Gasteiger partial charge in [-0.25, -0.2) is 0 Å². The van der Waals surface area contributed by atoms with Crippen molar-refractivity contribution in [1.29, 1.82) is 0 Å². The molecule has 2 N–H and O–H groups in total. The van der Waals surface area contributed by atoms with Crippen LogP contribution in [0.4, 0.5) is 0 Å². The van der Waals surface area contributed by atoms with Crippen LogP contribution >= 0.6 is 22.6 Å². The number of rotatable bonds is 0. The molecule has 2 heteroatoms. The lowest BCUT2D eigenvalue weighted by Crippen LogP contribution is -2.39. The minimum atomic E-state index is 0.448. The molecule has 0 aromatic heterocycles. The summed E-state index contributed by atoms with van der Waals surface area (Å²) in [5, 5.41) is 0. The Hall–Kier alpha value is 0.690. The molecule has 0 aliphatic heterocycles. The average Bonchev–Trinajstić information content (AvgIpc) is 1.92. The summed E-state index contributed by atoms with van der Waals surface area (Å²) in [5.41, 5.74) is 6.45. The molecule has 12 heavy (non-hydrogen) atoms. The molecule has 0 aromatic rings. The highest BCUT2D eigenvalue weighted by Gasteiger charge is 2.32. The van der Waals surface area contributed by atoms with Gasteiger partial charge in [0.05, 0.1) is 0 Å². The molecule has 0 heterocycles. The molecule has 1 rings (SSSR count). The molecule has 1 aliphatic rings. The van der Waals surface area contributed by atoms with Crippen LogP contribution in [0.3, 0.4) is 0 Å². The van der Waals surface area contributed by atoms with Gasteiger partial charge in [-0.1, -0.05) is 43.4 Å². The molecule has 0 amide bonds. The van der Waals surface area contributed by atoms with Crippen molar-refractivity contribution in [3.8, 4) is 0 Å². The van der Waals surface area contributed by atoms with E-state index in [0.29, 0.717) is 15.4 Å². The highest BCUT2D eigenvalue weighted by atomic mass is 127. The van der Waals surface area contributed by atoms with Crippen molar-refractivity contribution >= 4 is 22.6 Å². The molecule has 0 saturated heterocycles. The minimum absolute atomic E-state index is 0.448. The fourth-order valence-corrected chi connectivity index (χ4v) is 2.90. The lowest BCUT2D eigenvalue weighted by atomic mass is 9.71. The number of alkyl halides is 1. The Morgan fingerprint density at radius 3 is 2.25 bits per heavy atom. The van der Waals surface area contributed by atoms with Gasteiger partial charge >= 0.3 is 0 Å². The second-order valence-electron chi connectivity index (χ2n) is 5.06. The standard InChI is InChI=1S/C10H20IN/c1-10(2,3)7-4-5-9(12)8(11)6-7/h7-9H,4-6,12H2,1-3H3. The van der Waals surface area contributed by atoms with Gasteiger partial charge in [-0.05, 0) is 30.6 Å². The molecule has 3 unspecified atom stereocenters. The molecule has 0 spiro atoms. The molecule has 1 saturated carbocycles. The van der Waals surface area contributed by atoms with Crippen molar-refractivity contribution in [3.63, 3.8) is 0 Å². The minimum Gasteiger partial charge on any atom is -0.327 e. The van der Waals surface area contributed by atoms with Crippen LogP contribution in [-0.2, 0) is 0 Å². The molecular formula is C10H20IN. The quantitative estimate of drug-likeness (QED) is 0.536. The van der Waals surface area contributed by atoms with Gasteiger partial charge in [-0.2, -0.15) is 0 Å². The Morgan fingerprint density at radius 1 is 1.25 bits per heavy atom. The van der Waals surface area contributed by atoms with Crippen LogP contribution in [0.1, 0.15) is 40.0 Å². The SMILES string of the molecule is CC(C)(C)C1CCC(N)C(I)C1. The van der Waals surface area contributed by atoms with E-state index in [9.17, 15) is 0 Å². The van der Waals surface area contributed by atoms with E-state index in [1.54, 1.807) is 0 Å². The van der Waals surface area contributed by atoms with Gasteiger partial charge in [0.1, 0.15) is 0 Å². The van der Waals surface area contributed by atoms with Crippen molar-refractivity contribution in [1.82, 2.24) is 0 Å². The van der Waals surface area contributed by atoms with Gasteiger partial charge in [-0.3, -0.25) is 0 Å². The monoisotopic (exact) mass is 281 g/mol. The number of hydrogen-bond acceptors (Lipinski definition) is 1. The first-order chi connectivity index (χ1) is 5.41. The predicted octanol–water partition coefficient (Wildman–Crippen LogP) is 2.96. The Bertz CT molecular complexity index is 150. The normalized spacial score (nSPS) is 38.2. The Kier molecular flexibility index (Phi) is 3.43. The van der Waals surface area contributed by atoms with Crippen molar-refractivity contribution in [3.05, 3.63) is 0 Å². The topological polar surface area (TPSA) is 26.0 Å². The highest BCUT2D eigenvalue weighted by molar-refractivity contribution is 14.1. The molecule has 0 aromatic carbocycles. The fraction of sp³-hybridized carbons (Fsp3) is 1.00. The average molecular weight is 281 g/mol. The summed E-state index contributed by atoms with van der Waals surface area (Å²) in [7, 11) is 0. The van der Waals surface area contributed by atoms with E-state index in [0.717, 1.165) is 5.92 Å². The van der Waals surface area contributed by atoms with Gasteiger partial charge in [-0.15, -0.1) is 0 Å². The maximum absolute atomic E-state index is 5.98. The van der Waals surface area contributed by atoms with Crippen molar-refractivity contribution in [2.75, 3.05) is 0 Å². The molecular weight excluding hydrogens is 261 g/mol. The second-order valence-corrected chi connectivity index (χ2v) is 6.66. The zero-order chi connectivity index (χ0) is 9.35. The van der Waals surface area contributed by atoms with Gasteiger partial charge in [0.2, 0.25) is 0 Å². The van der Waals surface area contributed by atoms with E-state index in [1.165, 1.54) is 19.3 Å². The number of nitrogens with two attached hydrogens (primary N) is 1. The van der Waals surface area contributed by atoms with Gasteiger partial charge in [0.15, 0.2) is 0 Å². The van der Waals surface area contributed by atoms with E-state index in [-0.39, 0.29) is 0 Å². The zero-order valence-electron chi connectivity index (χ0n) is 8.31. The summed E-state index contributed by atoms with van der Waals surface area (Å²) < 4.78 is 0.695. The Morgan fingerprint density at radius 2 is 1.83 bits per heavy atom. The third-order valence-electron chi connectivity index (χ3n) is 3.05. The number of halogens is 1. The molecule has 1 fully saturated rings. The third-order valence-corrected chi connectivity index (χ3v) is 4.48. The second kappa shape index (κ2) is 3.82. The summed E-state index contributed by atoms with van der Waals surface area (Å²) >= 11 is 2.51. The summed E-state index contributed by atoms with van der Waals surface area (Å²) in [4.78, 5) is 0. The van der Waals surface area contributed by atoms with E-state index >= 15 is 0 Å². The summed E-state index contributed by atoms with van der Waals surface area (Å²) in [6.07, 6.45) is 3.85. The first kappa shape index (κ1) is 10.8. The molecule has 0 radical (unpaired) electrons. The van der Waals surface area contributed by atoms with E-state index in [4.69, 9.17) is 5.73 Å². The fourth-order valence-electron chi connectivity index (χ4n) is 1.93. The lowest BCUT2D eigenvalue weighted by molar-refractivity contribution is 0.177. The first-order valence-corrected chi connectivity index (χ1v) is 6.05. The summed E-state index contributed by atoms with van der Waals surface area (Å²) in [6.45, 7) is 7.04. The van der Waals surface area contributed by atoms with Crippen LogP contribution < -0.4 is 5.73 Å². The number of hydrogen-bond donors (Lipinski definition) is 1. The van der Waals surface area contributed by atoms with E-state index in [2.05, 4.69) is 43.4 Å². The largest absolute Gasteiger partial charge is 0.327 e. The summed E-state index contributed by atoms with van der Waals surface area (Å²) in [5.74, 6) is 0.874. The van der Waals surface area contributed by atoms with Crippen LogP contribution in [0.25, 0.3) is 0 Å². The van der Waals surface area contributed by atoms with Crippen molar-refractivity contribution in [2.45, 2.75) is 50.0 Å². The van der Waals surface area contributed by atoms with Crippen LogP contribution in [0.5, 0.6) is 0 Å². The lowest BCUT2D eigenvalue weighted by Gasteiger charge is -2.38. The Labute approximate surface area is 89.6 Å². The van der Waals surface area contributed by atoms with Crippen LogP contribution in [-0.4, -0.2) is 9.97 Å². The highest BCUT2D eigenvalue weighted by Crippen LogP contribution is 2.39. The first-order valence-electron chi connectivity index (χ1n) is 4.81. The Balaban J connectivity index is 2.51. The zero-order valence-corrected chi connectivity index (χ0v) is 10.5. The molecule has 72 valence electrons. The summed E-state index contributed by atoms with van der Waals surface area (Å²) in [6, 6.07) is 0.448. The van der Waals surface area contributed by atoms with Gasteiger partial charge in [0, 0.05) is 9.97 Å². The molecule has 3 atom stereocenters. The van der Waals surface area contributed by atoms with Gasteiger partial charge < -0.3 is 5.73 Å². The van der Waals surface area contributed by atoms with Crippen molar-refractivity contribution < 1.29 is 0 Å². The molecule has 1 aliphatic carbocycles. The molecule has 0 bridgehead atoms. The van der Waals surface area contributed by atoms with Crippen molar-refractivity contribution in [2.24, 2.45) is 17.1 Å². The van der Waals surface area contributed by atoms with E-state index in [1.807, 2.05) is 0 Å². The van der Waals surface area contributed by atoms with Crippen LogP contribution in [0.15, 0.2) is 0 Å². The van der Waals surface area contributed by atoms with Crippen LogP contribution in [0.2, 0.25) is 0 Å². The third kappa shape index (κ3) is 2.59. The van der Waals surface area contributed by atoms with Crippen LogP contribution in [0, 0.1) is 11.3 Å². The maximum Gasteiger partial charge on any atom is 0.0264 e. The van der Waals surface area contributed by atoms with E-state index < -0.39 is 0 Å². The molecule has 1 nitrogen and oxygen atoms in total. The predicted molar refractivity (Wildman–Crippen MR) is 62.6 cm³/mol. The smallest absolute Gasteiger partial charge is 0.0264 e. The maximum atomic E-state index is 5.98. The van der Waals surface area contributed by atoms with Gasteiger partial charge in [0.25, 0.3) is 0 Å².